The monoisotopic (exact) mass is 303 g/mol. The summed E-state index contributed by atoms with van der Waals surface area (Å²) in [6.45, 7) is 3.49. The van der Waals surface area contributed by atoms with Gasteiger partial charge in [-0.05, 0) is 47.4 Å². The lowest BCUT2D eigenvalue weighted by Crippen LogP contribution is -2.32. The molecular formula is C13H19BrFNO. The van der Waals surface area contributed by atoms with Crippen molar-refractivity contribution < 1.29 is 9.13 Å². The maximum Gasteiger partial charge on any atom is 0.137 e. The maximum absolute atomic E-state index is 13.3. The third kappa shape index (κ3) is 4.74. The number of benzene rings is 1. The van der Waals surface area contributed by atoms with Gasteiger partial charge in [0, 0.05) is 12.6 Å². The molecule has 0 amide bonds. The first-order valence-corrected chi connectivity index (χ1v) is 6.66. The number of likely N-dealkylation sites (N-methyl/N-ethyl adjacent to an activating group) is 1. The largest absolute Gasteiger partial charge is 0.380 e. The minimum atomic E-state index is -0.216. The van der Waals surface area contributed by atoms with Crippen LogP contribution in [0.1, 0.15) is 18.9 Å². The Hall–Kier alpha value is -0.450. The van der Waals surface area contributed by atoms with Crippen LogP contribution >= 0.6 is 15.9 Å². The average molecular weight is 304 g/mol. The second-order valence-electron chi connectivity index (χ2n) is 3.98. The standard InChI is InChI=1S/C13H19BrFNO/c1-3-7-17-9-11(16-2)8-10-5-4-6-12(15)13(10)14/h4-6,11,16H,3,7-9H2,1-2H3. The highest BCUT2D eigenvalue weighted by molar-refractivity contribution is 9.10. The number of halogens is 2. The summed E-state index contributed by atoms with van der Waals surface area (Å²) in [5.74, 6) is -0.216. The van der Waals surface area contributed by atoms with Crippen LogP contribution in [0, 0.1) is 5.82 Å². The lowest BCUT2D eigenvalue weighted by molar-refractivity contribution is 0.114. The minimum Gasteiger partial charge on any atom is -0.380 e. The lowest BCUT2D eigenvalue weighted by Gasteiger charge is -2.17. The molecule has 4 heteroatoms. The van der Waals surface area contributed by atoms with Gasteiger partial charge in [0.15, 0.2) is 0 Å². The normalized spacial score (nSPS) is 12.7. The van der Waals surface area contributed by atoms with E-state index in [1.807, 2.05) is 13.1 Å². The van der Waals surface area contributed by atoms with Crippen LogP contribution in [-0.4, -0.2) is 26.3 Å². The summed E-state index contributed by atoms with van der Waals surface area (Å²) >= 11 is 3.28. The van der Waals surface area contributed by atoms with E-state index in [9.17, 15) is 4.39 Å². The van der Waals surface area contributed by atoms with Crippen molar-refractivity contribution in [2.75, 3.05) is 20.3 Å². The van der Waals surface area contributed by atoms with Gasteiger partial charge < -0.3 is 10.1 Å². The molecule has 0 aliphatic rings. The van der Waals surface area contributed by atoms with Crippen LogP contribution in [0.2, 0.25) is 0 Å². The molecule has 0 aliphatic heterocycles. The van der Waals surface area contributed by atoms with Crippen molar-refractivity contribution in [3.05, 3.63) is 34.1 Å². The van der Waals surface area contributed by atoms with Crippen molar-refractivity contribution in [1.29, 1.82) is 0 Å². The van der Waals surface area contributed by atoms with Crippen LogP contribution in [-0.2, 0) is 11.2 Å². The molecule has 0 radical (unpaired) electrons. The summed E-state index contributed by atoms with van der Waals surface area (Å²) in [6.07, 6.45) is 1.76. The number of nitrogens with one attached hydrogen (secondary N) is 1. The van der Waals surface area contributed by atoms with E-state index in [4.69, 9.17) is 4.74 Å². The van der Waals surface area contributed by atoms with Gasteiger partial charge in [0.05, 0.1) is 11.1 Å². The number of ether oxygens (including phenoxy) is 1. The molecule has 1 unspecified atom stereocenters. The van der Waals surface area contributed by atoms with Gasteiger partial charge in [-0.1, -0.05) is 19.1 Å². The van der Waals surface area contributed by atoms with Gasteiger partial charge in [-0.2, -0.15) is 0 Å². The molecule has 2 nitrogen and oxygen atoms in total. The summed E-state index contributed by atoms with van der Waals surface area (Å²) in [6, 6.07) is 5.32. The summed E-state index contributed by atoms with van der Waals surface area (Å²) < 4.78 is 19.4. The number of hydrogen-bond donors (Lipinski definition) is 1. The molecule has 0 aliphatic carbocycles. The second kappa shape index (κ2) is 7.80. The maximum atomic E-state index is 13.3. The predicted molar refractivity (Wildman–Crippen MR) is 71.8 cm³/mol. The summed E-state index contributed by atoms with van der Waals surface area (Å²) in [5.41, 5.74) is 0.962. The van der Waals surface area contributed by atoms with Gasteiger partial charge in [-0.25, -0.2) is 4.39 Å². The SMILES string of the molecule is CCCOCC(Cc1cccc(F)c1Br)NC. The first kappa shape index (κ1) is 14.6. The third-order valence-electron chi connectivity index (χ3n) is 2.57. The van der Waals surface area contributed by atoms with Gasteiger partial charge >= 0.3 is 0 Å². The Labute approximate surface area is 111 Å². The molecule has 1 aromatic rings. The number of rotatable bonds is 7. The van der Waals surface area contributed by atoms with Crippen molar-refractivity contribution in [3.8, 4) is 0 Å². The van der Waals surface area contributed by atoms with Crippen molar-refractivity contribution >= 4 is 15.9 Å². The molecule has 0 heterocycles. The Balaban J connectivity index is 2.57. The molecular weight excluding hydrogens is 285 g/mol. The molecule has 1 N–H and O–H groups in total. The van der Waals surface area contributed by atoms with Crippen molar-refractivity contribution in [3.63, 3.8) is 0 Å². The summed E-state index contributed by atoms with van der Waals surface area (Å²) in [4.78, 5) is 0. The van der Waals surface area contributed by atoms with E-state index >= 15 is 0 Å². The molecule has 17 heavy (non-hydrogen) atoms. The zero-order chi connectivity index (χ0) is 12.7. The highest BCUT2D eigenvalue weighted by Crippen LogP contribution is 2.21. The highest BCUT2D eigenvalue weighted by Gasteiger charge is 2.11. The molecule has 1 aromatic carbocycles. The van der Waals surface area contributed by atoms with Crippen LogP contribution in [0.25, 0.3) is 0 Å². The topological polar surface area (TPSA) is 21.3 Å². The average Bonchev–Trinajstić information content (AvgIpc) is 2.33. The van der Waals surface area contributed by atoms with Crippen molar-refractivity contribution in [1.82, 2.24) is 5.32 Å². The van der Waals surface area contributed by atoms with Gasteiger partial charge in [0.2, 0.25) is 0 Å². The lowest BCUT2D eigenvalue weighted by atomic mass is 10.1. The predicted octanol–water partition coefficient (Wildman–Crippen LogP) is 3.15. The van der Waals surface area contributed by atoms with Crippen LogP contribution in [0.5, 0.6) is 0 Å². The van der Waals surface area contributed by atoms with Crippen LogP contribution < -0.4 is 5.32 Å². The first-order chi connectivity index (χ1) is 8.19. The molecule has 0 fully saturated rings. The van der Waals surface area contributed by atoms with Gasteiger partial charge in [-0.15, -0.1) is 0 Å². The van der Waals surface area contributed by atoms with E-state index < -0.39 is 0 Å². The Kier molecular flexibility index (Phi) is 6.70. The van der Waals surface area contributed by atoms with E-state index in [2.05, 4.69) is 28.2 Å². The Morgan fingerprint density at radius 2 is 2.24 bits per heavy atom. The Bertz CT molecular complexity index is 346. The quantitative estimate of drug-likeness (QED) is 0.781. The van der Waals surface area contributed by atoms with Gasteiger partial charge in [-0.3, -0.25) is 0 Å². The smallest absolute Gasteiger partial charge is 0.137 e. The van der Waals surface area contributed by atoms with Gasteiger partial charge in [0.25, 0.3) is 0 Å². The Morgan fingerprint density at radius 3 is 2.88 bits per heavy atom. The fourth-order valence-corrected chi connectivity index (χ4v) is 2.01. The van der Waals surface area contributed by atoms with Crippen LogP contribution in [0.4, 0.5) is 4.39 Å². The minimum absolute atomic E-state index is 0.208. The molecule has 0 saturated carbocycles. The van der Waals surface area contributed by atoms with Gasteiger partial charge in [0.1, 0.15) is 5.82 Å². The zero-order valence-corrected chi connectivity index (χ0v) is 11.9. The molecule has 0 aromatic heterocycles. The molecule has 1 rings (SSSR count). The first-order valence-electron chi connectivity index (χ1n) is 5.87. The summed E-state index contributed by atoms with van der Waals surface area (Å²) in [5, 5.41) is 3.19. The zero-order valence-electron chi connectivity index (χ0n) is 10.3. The molecule has 0 saturated heterocycles. The molecule has 96 valence electrons. The third-order valence-corrected chi connectivity index (χ3v) is 3.46. The van der Waals surface area contributed by atoms with E-state index in [0.29, 0.717) is 11.1 Å². The fourth-order valence-electron chi connectivity index (χ4n) is 1.59. The van der Waals surface area contributed by atoms with E-state index in [-0.39, 0.29) is 11.9 Å². The summed E-state index contributed by atoms with van der Waals surface area (Å²) in [7, 11) is 1.90. The fraction of sp³-hybridized carbons (Fsp3) is 0.538. The molecule has 1 atom stereocenters. The Morgan fingerprint density at radius 1 is 1.47 bits per heavy atom. The van der Waals surface area contributed by atoms with E-state index in [1.54, 1.807) is 6.07 Å². The molecule has 0 bridgehead atoms. The number of hydrogen-bond acceptors (Lipinski definition) is 2. The van der Waals surface area contributed by atoms with Crippen LogP contribution in [0.15, 0.2) is 22.7 Å². The van der Waals surface area contributed by atoms with Crippen LogP contribution in [0.3, 0.4) is 0 Å². The second-order valence-corrected chi connectivity index (χ2v) is 4.77. The van der Waals surface area contributed by atoms with Crippen molar-refractivity contribution in [2.45, 2.75) is 25.8 Å². The highest BCUT2D eigenvalue weighted by atomic mass is 79.9. The van der Waals surface area contributed by atoms with E-state index in [0.717, 1.165) is 25.0 Å². The van der Waals surface area contributed by atoms with E-state index in [1.165, 1.54) is 6.07 Å². The molecule has 0 spiro atoms. The van der Waals surface area contributed by atoms with Crippen molar-refractivity contribution in [2.24, 2.45) is 0 Å².